The van der Waals surface area contributed by atoms with Gasteiger partial charge in [0.1, 0.15) is 11.8 Å². The van der Waals surface area contributed by atoms with Crippen molar-refractivity contribution in [3.63, 3.8) is 0 Å². The van der Waals surface area contributed by atoms with Crippen LogP contribution in [0.3, 0.4) is 0 Å². The molecule has 6 nitrogen and oxygen atoms in total. The highest BCUT2D eigenvalue weighted by Crippen LogP contribution is 1.99. The lowest BCUT2D eigenvalue weighted by Gasteiger charge is -1.80. The third kappa shape index (κ3) is 1.75. The Morgan fingerprint density at radius 2 is 2.25 bits per heavy atom. The van der Waals surface area contributed by atoms with Gasteiger partial charge >= 0.3 is 0 Å². The number of primary amides is 1. The Hall–Kier alpha value is -1.98. The molecule has 6 heteroatoms. The van der Waals surface area contributed by atoms with E-state index < -0.39 is 0 Å². The molecule has 2 rings (SSSR count). The summed E-state index contributed by atoms with van der Waals surface area (Å²) in [6.45, 7) is 0. The second-order valence-electron chi connectivity index (χ2n) is 1.80. The fourth-order valence-corrected chi connectivity index (χ4v) is 0.691. The Kier molecular flexibility index (Phi) is 2.72. The van der Waals surface area contributed by atoms with Crippen molar-refractivity contribution in [2.75, 3.05) is 0 Å². The molecule has 0 saturated carbocycles. The van der Waals surface area contributed by atoms with Gasteiger partial charge in [0.2, 0.25) is 6.41 Å². The maximum absolute atomic E-state index is 8.58. The van der Waals surface area contributed by atoms with Crippen molar-refractivity contribution >= 4 is 17.6 Å². The molecule has 0 radical (unpaired) electrons. The van der Waals surface area contributed by atoms with E-state index in [0.29, 0.717) is 5.65 Å². The molecule has 0 spiro atoms. The summed E-state index contributed by atoms with van der Waals surface area (Å²) < 4.78 is 0. The van der Waals surface area contributed by atoms with Gasteiger partial charge < -0.3 is 10.7 Å². The second-order valence-corrected chi connectivity index (χ2v) is 1.80. The van der Waals surface area contributed by atoms with E-state index >= 15 is 0 Å². The van der Waals surface area contributed by atoms with Crippen molar-refractivity contribution < 1.29 is 4.79 Å². The van der Waals surface area contributed by atoms with E-state index in [-0.39, 0.29) is 6.41 Å². The molecule has 0 atom stereocenters. The maximum Gasteiger partial charge on any atom is 0.204 e. The summed E-state index contributed by atoms with van der Waals surface area (Å²) in [5, 5.41) is 0. The highest BCUT2D eigenvalue weighted by molar-refractivity contribution is 5.67. The first-order chi connectivity index (χ1) is 5.88. The zero-order chi connectivity index (χ0) is 8.81. The smallest absolute Gasteiger partial charge is 0.204 e. The zero-order valence-corrected chi connectivity index (χ0v) is 6.14. The Balaban J connectivity index is 0.000000213. The number of nitrogens with two attached hydrogens (primary N) is 1. The summed E-state index contributed by atoms with van der Waals surface area (Å²) in [6.07, 6.45) is 5.01. The monoisotopic (exact) mass is 165 g/mol. The molecule has 62 valence electrons. The number of fused-ring (bicyclic) bond motifs is 1. The molecule has 0 unspecified atom stereocenters. The van der Waals surface area contributed by atoms with Crippen LogP contribution < -0.4 is 5.73 Å². The molecule has 0 fully saturated rings. The normalized spacial score (nSPS) is 8.67. The van der Waals surface area contributed by atoms with Gasteiger partial charge in [-0.1, -0.05) is 0 Å². The zero-order valence-electron chi connectivity index (χ0n) is 6.14. The van der Waals surface area contributed by atoms with Gasteiger partial charge in [-0.2, -0.15) is 0 Å². The fourth-order valence-electron chi connectivity index (χ4n) is 0.691. The Labute approximate surface area is 67.9 Å². The van der Waals surface area contributed by atoms with Crippen LogP contribution in [0.25, 0.3) is 11.2 Å². The van der Waals surface area contributed by atoms with Crippen molar-refractivity contribution in [3.05, 3.63) is 18.9 Å². The number of amides is 1. The molecule has 0 saturated heterocycles. The molecule has 1 amide bonds. The van der Waals surface area contributed by atoms with E-state index in [9.17, 15) is 0 Å². The van der Waals surface area contributed by atoms with Crippen molar-refractivity contribution in [2.45, 2.75) is 0 Å². The summed E-state index contributed by atoms with van der Waals surface area (Å²) in [5.74, 6) is 0. The van der Waals surface area contributed by atoms with Crippen LogP contribution in [0.15, 0.2) is 18.9 Å². The average molecular weight is 165 g/mol. The highest BCUT2D eigenvalue weighted by atomic mass is 16.1. The number of H-pyrrole nitrogens is 1. The third-order valence-electron chi connectivity index (χ3n) is 1.10. The van der Waals surface area contributed by atoms with E-state index in [0.717, 1.165) is 5.52 Å². The molecule has 3 N–H and O–H groups in total. The first-order valence-corrected chi connectivity index (χ1v) is 3.13. The number of rotatable bonds is 0. The van der Waals surface area contributed by atoms with Gasteiger partial charge in [-0.3, -0.25) is 4.79 Å². The van der Waals surface area contributed by atoms with Crippen molar-refractivity contribution in [1.82, 2.24) is 19.9 Å². The molecular weight excluding hydrogens is 158 g/mol. The van der Waals surface area contributed by atoms with E-state index in [1.807, 2.05) is 0 Å². The van der Waals surface area contributed by atoms with Gasteiger partial charge in [0, 0.05) is 0 Å². The SMILES string of the molecule is NC=O.c1ncc2[nH]cnc2n1. The third-order valence-corrected chi connectivity index (χ3v) is 1.10. The number of hydrogen-bond donors (Lipinski definition) is 2. The molecule has 2 heterocycles. The highest BCUT2D eigenvalue weighted by Gasteiger charge is 1.91. The Bertz CT molecular complexity index is 327. The number of nitrogens with zero attached hydrogens (tertiary/aromatic N) is 3. The lowest BCUT2D eigenvalue weighted by Crippen LogP contribution is -1.82. The summed E-state index contributed by atoms with van der Waals surface area (Å²) in [6, 6.07) is 0. The van der Waals surface area contributed by atoms with Crippen molar-refractivity contribution in [2.24, 2.45) is 5.73 Å². The summed E-state index contributed by atoms with van der Waals surface area (Å²) in [5.41, 5.74) is 5.75. The van der Waals surface area contributed by atoms with Gasteiger partial charge in [-0.25, -0.2) is 15.0 Å². The number of nitrogens with one attached hydrogen (secondary N) is 1. The molecule has 0 bridgehead atoms. The van der Waals surface area contributed by atoms with E-state index in [1.165, 1.54) is 6.33 Å². The van der Waals surface area contributed by atoms with E-state index in [1.54, 1.807) is 12.5 Å². The minimum Gasteiger partial charge on any atom is -0.372 e. The minimum atomic E-state index is 0.250. The van der Waals surface area contributed by atoms with Gasteiger partial charge in [-0.05, 0) is 0 Å². The molecule has 0 aliphatic rings. The Morgan fingerprint density at radius 3 is 2.92 bits per heavy atom. The van der Waals surface area contributed by atoms with Crippen LogP contribution in [0.5, 0.6) is 0 Å². The number of carbonyl (C=O) groups excluding carboxylic acids is 1. The number of aromatic amines is 1. The quantitative estimate of drug-likeness (QED) is 0.512. The molecule has 12 heavy (non-hydrogen) atoms. The molecule has 2 aromatic rings. The lowest BCUT2D eigenvalue weighted by atomic mass is 10.6. The van der Waals surface area contributed by atoms with Crippen molar-refractivity contribution in [1.29, 1.82) is 0 Å². The number of carbonyl (C=O) groups is 1. The molecule has 0 aliphatic carbocycles. The van der Waals surface area contributed by atoms with Crippen molar-refractivity contribution in [3.8, 4) is 0 Å². The first kappa shape index (κ1) is 8.12. The fraction of sp³-hybridized carbons (Fsp3) is 0. The summed E-state index contributed by atoms with van der Waals surface area (Å²) in [7, 11) is 0. The molecule has 0 aliphatic heterocycles. The van der Waals surface area contributed by atoms with E-state index in [4.69, 9.17) is 4.79 Å². The van der Waals surface area contributed by atoms with Gasteiger partial charge in [0.15, 0.2) is 5.65 Å². The van der Waals surface area contributed by atoms with Crippen LogP contribution in [0, 0.1) is 0 Å². The van der Waals surface area contributed by atoms with Crippen LogP contribution >= 0.6 is 0 Å². The lowest BCUT2D eigenvalue weighted by molar-refractivity contribution is -0.106. The molecule has 0 aromatic carbocycles. The number of hydrogen-bond acceptors (Lipinski definition) is 4. The number of aromatic nitrogens is 4. The topological polar surface area (TPSA) is 97.6 Å². The first-order valence-electron chi connectivity index (χ1n) is 3.13. The van der Waals surface area contributed by atoms with Gasteiger partial charge in [0.25, 0.3) is 0 Å². The molecule has 2 aromatic heterocycles. The second kappa shape index (κ2) is 4.02. The van der Waals surface area contributed by atoms with Crippen LogP contribution in [0.1, 0.15) is 0 Å². The largest absolute Gasteiger partial charge is 0.372 e. The van der Waals surface area contributed by atoms with Crippen LogP contribution in [0.2, 0.25) is 0 Å². The summed E-state index contributed by atoms with van der Waals surface area (Å²) >= 11 is 0. The maximum atomic E-state index is 8.58. The van der Waals surface area contributed by atoms with Crippen LogP contribution in [-0.4, -0.2) is 26.3 Å². The van der Waals surface area contributed by atoms with Gasteiger partial charge in [0.05, 0.1) is 12.5 Å². The van der Waals surface area contributed by atoms with Crippen LogP contribution in [0.4, 0.5) is 0 Å². The standard InChI is InChI=1S/C5H4N4.CH3NO/c1-4-5(8-2-6-1)9-3-7-4;2-1-3/h1-3H,(H,6,7,8,9);1H,(H2,2,3). The van der Waals surface area contributed by atoms with Crippen LogP contribution in [-0.2, 0) is 4.79 Å². The summed E-state index contributed by atoms with van der Waals surface area (Å²) in [4.78, 5) is 23.1. The average Bonchev–Trinajstić information content (AvgIpc) is 2.52. The van der Waals surface area contributed by atoms with E-state index in [2.05, 4.69) is 25.7 Å². The predicted molar refractivity (Wildman–Crippen MR) is 41.9 cm³/mol. The molecular formula is C6H7N5O. The van der Waals surface area contributed by atoms with Gasteiger partial charge in [-0.15, -0.1) is 0 Å². The Morgan fingerprint density at radius 1 is 1.50 bits per heavy atom. The minimum absolute atomic E-state index is 0.250. The predicted octanol–water partition coefficient (Wildman–Crippen LogP) is -0.546. The number of imidazole rings is 1.